The number of halogens is 3. The standard InChI is InChI=1S/C30H32F3N3O5S/c1-19(34-17-28(37)22-5-4-6-24(15-22)30(31,32)33)13-21-9-12-26-23(14-21)16-27(29(38)39)36(26)18-20-7-10-25(11-8-20)35(2)42(3,40)41/h4-12,14-16,19,28,34,37H,13,17-18H2,1-3H3,(H,38,39). The number of alkyl halides is 3. The first-order valence-electron chi connectivity index (χ1n) is 13.1. The predicted molar refractivity (Wildman–Crippen MR) is 155 cm³/mol. The molecule has 4 aromatic rings. The number of nitrogens with one attached hydrogen (secondary N) is 1. The summed E-state index contributed by atoms with van der Waals surface area (Å²) >= 11 is 0. The molecule has 0 bridgehead atoms. The second-order valence-electron chi connectivity index (χ2n) is 10.4. The maximum absolute atomic E-state index is 13.0. The van der Waals surface area contributed by atoms with Crippen LogP contribution in [0, 0.1) is 0 Å². The van der Waals surface area contributed by atoms with Gasteiger partial charge in [-0.1, -0.05) is 30.3 Å². The molecular formula is C30H32F3N3O5S. The minimum Gasteiger partial charge on any atom is -0.477 e. The molecule has 0 radical (unpaired) electrons. The maximum atomic E-state index is 13.0. The van der Waals surface area contributed by atoms with Gasteiger partial charge in [0.2, 0.25) is 10.0 Å². The van der Waals surface area contributed by atoms with Crippen molar-refractivity contribution >= 4 is 32.6 Å². The van der Waals surface area contributed by atoms with Crippen molar-refractivity contribution in [1.29, 1.82) is 0 Å². The van der Waals surface area contributed by atoms with Gasteiger partial charge in [-0.25, -0.2) is 13.2 Å². The van der Waals surface area contributed by atoms with Crippen LogP contribution in [0.15, 0.2) is 72.8 Å². The summed E-state index contributed by atoms with van der Waals surface area (Å²) in [7, 11) is -1.95. The third-order valence-corrected chi connectivity index (χ3v) is 8.33. The number of carbonyl (C=O) groups is 1. The number of anilines is 1. The summed E-state index contributed by atoms with van der Waals surface area (Å²) in [4.78, 5) is 12.0. The van der Waals surface area contributed by atoms with E-state index in [-0.39, 0.29) is 30.4 Å². The van der Waals surface area contributed by atoms with Crippen molar-refractivity contribution in [2.45, 2.75) is 38.2 Å². The molecule has 0 aliphatic rings. The summed E-state index contributed by atoms with van der Waals surface area (Å²) < 4.78 is 65.5. The van der Waals surface area contributed by atoms with Crippen molar-refractivity contribution in [2.24, 2.45) is 0 Å². The Morgan fingerprint density at radius 2 is 1.69 bits per heavy atom. The fourth-order valence-corrected chi connectivity index (χ4v) is 5.26. The highest BCUT2D eigenvalue weighted by molar-refractivity contribution is 7.92. The van der Waals surface area contributed by atoms with Crippen LogP contribution in [-0.4, -0.2) is 55.1 Å². The van der Waals surface area contributed by atoms with Crippen LogP contribution < -0.4 is 9.62 Å². The summed E-state index contributed by atoms with van der Waals surface area (Å²) in [5, 5.41) is 24.2. The first-order valence-corrected chi connectivity index (χ1v) is 14.9. The highest BCUT2D eigenvalue weighted by Gasteiger charge is 2.31. The smallest absolute Gasteiger partial charge is 0.416 e. The van der Waals surface area contributed by atoms with E-state index < -0.39 is 33.8 Å². The Kier molecular flexibility index (Phi) is 9.00. The van der Waals surface area contributed by atoms with E-state index in [0.717, 1.165) is 39.2 Å². The van der Waals surface area contributed by atoms with Gasteiger partial charge in [-0.2, -0.15) is 13.2 Å². The first kappa shape index (κ1) is 31.1. The molecule has 4 rings (SSSR count). The van der Waals surface area contributed by atoms with Crippen LogP contribution in [0.1, 0.15) is 45.8 Å². The quantitative estimate of drug-likeness (QED) is 0.221. The molecule has 0 spiro atoms. The SMILES string of the molecule is CC(Cc1ccc2c(c1)cc(C(=O)O)n2Cc1ccc(N(C)S(C)(=O)=O)cc1)NCC(O)c1cccc(C(F)(F)F)c1. The molecule has 42 heavy (non-hydrogen) atoms. The largest absolute Gasteiger partial charge is 0.477 e. The van der Waals surface area contributed by atoms with E-state index in [0.29, 0.717) is 17.6 Å². The molecule has 3 N–H and O–H groups in total. The number of hydrogen-bond acceptors (Lipinski definition) is 5. The molecular weight excluding hydrogens is 571 g/mol. The Balaban J connectivity index is 1.46. The molecule has 0 saturated heterocycles. The van der Waals surface area contributed by atoms with Crippen molar-refractivity contribution in [3.8, 4) is 0 Å². The zero-order valence-electron chi connectivity index (χ0n) is 23.3. The molecule has 1 heterocycles. The van der Waals surface area contributed by atoms with Crippen LogP contribution in [0.25, 0.3) is 10.9 Å². The number of sulfonamides is 1. The summed E-state index contributed by atoms with van der Waals surface area (Å²) in [6, 6.07) is 18.5. The summed E-state index contributed by atoms with van der Waals surface area (Å²) in [6.45, 7) is 2.21. The number of rotatable bonds is 11. The summed E-state index contributed by atoms with van der Waals surface area (Å²) in [6.07, 6.45) is -3.96. The van der Waals surface area contributed by atoms with Crippen molar-refractivity contribution in [1.82, 2.24) is 9.88 Å². The molecule has 0 amide bonds. The van der Waals surface area contributed by atoms with Crippen molar-refractivity contribution in [3.05, 3.63) is 101 Å². The average molecular weight is 604 g/mol. The van der Waals surface area contributed by atoms with Crippen molar-refractivity contribution < 1.29 is 36.6 Å². The van der Waals surface area contributed by atoms with Gasteiger partial charge in [-0.15, -0.1) is 0 Å². The number of aliphatic hydroxyl groups excluding tert-OH is 1. The number of nitrogens with zero attached hydrogens (tertiary/aromatic N) is 2. The molecule has 2 unspecified atom stereocenters. The molecule has 0 aliphatic heterocycles. The molecule has 0 saturated carbocycles. The maximum Gasteiger partial charge on any atom is 0.416 e. The Hall–Kier alpha value is -3.87. The second kappa shape index (κ2) is 12.2. The molecule has 0 fully saturated rings. The van der Waals surface area contributed by atoms with Gasteiger partial charge in [0, 0.05) is 37.1 Å². The van der Waals surface area contributed by atoms with Gasteiger partial charge >= 0.3 is 12.1 Å². The highest BCUT2D eigenvalue weighted by Crippen LogP contribution is 2.31. The van der Waals surface area contributed by atoms with Gasteiger partial charge in [-0.3, -0.25) is 4.31 Å². The van der Waals surface area contributed by atoms with Crippen LogP contribution in [0.4, 0.5) is 18.9 Å². The van der Waals surface area contributed by atoms with Crippen LogP contribution in [0.5, 0.6) is 0 Å². The topological polar surface area (TPSA) is 112 Å². The van der Waals surface area contributed by atoms with Crippen LogP contribution in [0.3, 0.4) is 0 Å². The molecule has 12 heteroatoms. The van der Waals surface area contributed by atoms with Gasteiger partial charge in [0.25, 0.3) is 0 Å². The molecule has 3 aromatic carbocycles. The van der Waals surface area contributed by atoms with Gasteiger partial charge in [0.1, 0.15) is 5.69 Å². The molecule has 1 aromatic heterocycles. The Morgan fingerprint density at radius 3 is 2.31 bits per heavy atom. The van der Waals surface area contributed by atoms with Gasteiger partial charge in [0.15, 0.2) is 0 Å². The normalized spacial score (nSPS) is 13.7. The van der Waals surface area contributed by atoms with E-state index in [1.807, 2.05) is 25.1 Å². The zero-order chi connectivity index (χ0) is 30.8. The van der Waals surface area contributed by atoms with Crippen molar-refractivity contribution in [3.63, 3.8) is 0 Å². The fourth-order valence-electron chi connectivity index (χ4n) is 4.76. The number of aromatic carboxylic acids is 1. The van der Waals surface area contributed by atoms with E-state index in [2.05, 4.69) is 5.32 Å². The zero-order valence-corrected chi connectivity index (χ0v) is 24.1. The lowest BCUT2D eigenvalue weighted by Crippen LogP contribution is -2.32. The van der Waals surface area contributed by atoms with E-state index >= 15 is 0 Å². The third-order valence-electron chi connectivity index (χ3n) is 7.12. The number of carboxylic acids is 1. The van der Waals surface area contributed by atoms with E-state index in [4.69, 9.17) is 0 Å². The number of benzene rings is 3. The Labute approximate surface area is 242 Å². The number of aromatic nitrogens is 1. The van der Waals surface area contributed by atoms with Crippen LogP contribution in [-0.2, 0) is 29.2 Å². The van der Waals surface area contributed by atoms with Crippen LogP contribution >= 0.6 is 0 Å². The van der Waals surface area contributed by atoms with E-state index in [1.165, 1.54) is 19.2 Å². The van der Waals surface area contributed by atoms with E-state index in [9.17, 15) is 36.6 Å². The minimum atomic E-state index is -4.49. The lowest BCUT2D eigenvalue weighted by atomic mass is 10.0. The Bertz CT molecular complexity index is 1680. The van der Waals surface area contributed by atoms with Crippen LogP contribution in [0.2, 0.25) is 0 Å². The molecule has 0 aliphatic carbocycles. The summed E-state index contributed by atoms with van der Waals surface area (Å²) in [5.74, 6) is -1.08. The van der Waals surface area contributed by atoms with Gasteiger partial charge in [0.05, 0.1) is 23.6 Å². The predicted octanol–water partition coefficient (Wildman–Crippen LogP) is 5.06. The first-order chi connectivity index (χ1) is 19.6. The van der Waals surface area contributed by atoms with Crippen molar-refractivity contribution in [2.75, 3.05) is 24.2 Å². The second-order valence-corrected chi connectivity index (χ2v) is 12.4. The monoisotopic (exact) mass is 603 g/mol. The molecule has 8 nitrogen and oxygen atoms in total. The molecule has 224 valence electrons. The minimum absolute atomic E-state index is 0.0586. The number of aliphatic hydroxyl groups is 1. The lowest BCUT2D eigenvalue weighted by Gasteiger charge is -2.18. The lowest BCUT2D eigenvalue weighted by molar-refractivity contribution is -0.137. The van der Waals surface area contributed by atoms with Gasteiger partial charge in [-0.05, 0) is 72.5 Å². The fraction of sp³-hybridized carbons (Fsp3) is 0.300. The Morgan fingerprint density at radius 1 is 1.02 bits per heavy atom. The third kappa shape index (κ3) is 7.30. The molecule has 2 atom stereocenters. The highest BCUT2D eigenvalue weighted by atomic mass is 32.2. The number of hydrogen-bond donors (Lipinski definition) is 3. The number of fused-ring (bicyclic) bond motifs is 1. The average Bonchev–Trinajstić information content (AvgIpc) is 3.28. The summed E-state index contributed by atoms with van der Waals surface area (Å²) in [5.41, 5.74) is 2.38. The van der Waals surface area contributed by atoms with Gasteiger partial charge < -0.3 is 20.1 Å². The van der Waals surface area contributed by atoms with E-state index in [1.54, 1.807) is 34.9 Å². The number of carboxylic acid groups (broad SMARTS) is 1.